The lowest BCUT2D eigenvalue weighted by Crippen LogP contribution is -2.27. The van der Waals surface area contributed by atoms with Crippen LogP contribution in [0.5, 0.6) is 0 Å². The molecule has 0 fully saturated rings. The Morgan fingerprint density at radius 2 is 1.74 bits per heavy atom. The molecule has 0 N–H and O–H groups in total. The first-order valence-electron chi connectivity index (χ1n) is 8.48. The minimum absolute atomic E-state index is 0.0889. The van der Waals surface area contributed by atoms with E-state index in [-0.39, 0.29) is 22.2 Å². The molecule has 6 nitrogen and oxygen atoms in total. The van der Waals surface area contributed by atoms with Gasteiger partial charge in [-0.1, -0.05) is 23.8 Å². The largest absolute Gasteiger partial charge is 0.274 e. The van der Waals surface area contributed by atoms with Gasteiger partial charge in [-0.05, 0) is 50.1 Å². The van der Waals surface area contributed by atoms with E-state index in [1.54, 1.807) is 12.3 Å². The van der Waals surface area contributed by atoms with Gasteiger partial charge in [-0.15, -0.1) is 0 Å². The number of aryl methyl sites for hydroxylation is 3. The van der Waals surface area contributed by atoms with Crippen LogP contribution in [0.1, 0.15) is 22.3 Å². The van der Waals surface area contributed by atoms with Crippen molar-refractivity contribution < 1.29 is 0 Å². The van der Waals surface area contributed by atoms with Crippen LogP contribution >= 0.6 is 0 Å². The van der Waals surface area contributed by atoms with E-state index in [0.29, 0.717) is 11.3 Å². The Hall–Kier alpha value is -3.72. The molecule has 0 aliphatic heterocycles. The van der Waals surface area contributed by atoms with Gasteiger partial charge in [0.25, 0.3) is 11.1 Å². The van der Waals surface area contributed by atoms with Gasteiger partial charge in [0.2, 0.25) is 0 Å². The minimum Gasteiger partial charge on any atom is -0.268 e. The maximum atomic E-state index is 13.0. The van der Waals surface area contributed by atoms with Gasteiger partial charge in [0.1, 0.15) is 17.3 Å². The topological polar surface area (TPSA) is 80.2 Å². The number of nitriles is 1. The van der Waals surface area contributed by atoms with E-state index in [0.717, 1.165) is 16.7 Å². The van der Waals surface area contributed by atoms with Crippen LogP contribution in [-0.2, 0) is 0 Å². The quantitative estimate of drug-likeness (QED) is 0.491. The highest BCUT2D eigenvalue weighted by Crippen LogP contribution is 2.19. The van der Waals surface area contributed by atoms with Crippen LogP contribution in [0.2, 0.25) is 0 Å². The summed E-state index contributed by atoms with van der Waals surface area (Å²) in [6.45, 7) is 5.71. The van der Waals surface area contributed by atoms with Crippen molar-refractivity contribution in [2.24, 2.45) is 0 Å². The summed E-state index contributed by atoms with van der Waals surface area (Å²) in [5.74, 6) is 0. The molecule has 0 aliphatic carbocycles. The highest BCUT2D eigenvalue weighted by molar-refractivity contribution is 5.80. The van der Waals surface area contributed by atoms with Gasteiger partial charge in [0.15, 0.2) is 5.65 Å². The van der Waals surface area contributed by atoms with Crippen LogP contribution in [0, 0.1) is 32.1 Å². The van der Waals surface area contributed by atoms with Crippen LogP contribution in [0.25, 0.3) is 22.4 Å². The molecular formula is C21H16N4O2. The van der Waals surface area contributed by atoms with Gasteiger partial charge < -0.3 is 0 Å². The van der Waals surface area contributed by atoms with E-state index < -0.39 is 5.56 Å². The lowest BCUT2D eigenvalue weighted by atomic mass is 10.1. The summed E-state index contributed by atoms with van der Waals surface area (Å²) in [5.41, 5.74) is 3.20. The second-order valence-corrected chi connectivity index (χ2v) is 6.64. The SMILES string of the molecule is Cc1ccc(-n2c(=O)c(C#N)cc3c(=O)n4cccc(C)c4nc32)c(C)c1. The second-order valence-electron chi connectivity index (χ2n) is 6.64. The fraction of sp³-hybridized carbons (Fsp3) is 0.143. The van der Waals surface area contributed by atoms with Crippen LogP contribution in [-0.4, -0.2) is 14.0 Å². The second kappa shape index (κ2) is 5.92. The maximum Gasteiger partial charge on any atom is 0.274 e. The number of rotatable bonds is 1. The molecule has 0 amide bonds. The molecular weight excluding hydrogens is 340 g/mol. The molecule has 0 radical (unpaired) electrons. The number of hydrogen-bond donors (Lipinski definition) is 0. The number of fused-ring (bicyclic) bond motifs is 2. The predicted molar refractivity (Wildman–Crippen MR) is 103 cm³/mol. The molecule has 0 saturated carbocycles. The zero-order chi connectivity index (χ0) is 19.3. The maximum absolute atomic E-state index is 13.0. The third kappa shape index (κ3) is 2.44. The Morgan fingerprint density at radius 3 is 2.44 bits per heavy atom. The summed E-state index contributed by atoms with van der Waals surface area (Å²) in [5, 5.41) is 9.65. The number of hydrogen-bond acceptors (Lipinski definition) is 4. The van der Waals surface area contributed by atoms with Crippen molar-refractivity contribution in [3.8, 4) is 11.8 Å². The summed E-state index contributed by atoms with van der Waals surface area (Å²) >= 11 is 0. The first-order chi connectivity index (χ1) is 12.9. The molecule has 1 aromatic carbocycles. The van der Waals surface area contributed by atoms with Gasteiger partial charge in [-0.2, -0.15) is 5.26 Å². The standard InChI is InChI=1S/C21H16N4O2/c1-12-6-7-17(14(3)9-12)25-19-16(10-15(11-22)20(25)26)21(27)24-8-4-5-13(2)18(24)23-19/h4-10H,1-3H3. The first kappa shape index (κ1) is 16.7. The highest BCUT2D eigenvalue weighted by atomic mass is 16.1. The molecule has 3 heterocycles. The van der Waals surface area contributed by atoms with Crippen molar-refractivity contribution >= 4 is 16.7 Å². The molecule has 3 aromatic heterocycles. The summed E-state index contributed by atoms with van der Waals surface area (Å²) in [6, 6.07) is 12.5. The lowest BCUT2D eigenvalue weighted by molar-refractivity contribution is 0.970. The molecule has 132 valence electrons. The van der Waals surface area contributed by atoms with Crippen LogP contribution < -0.4 is 11.1 Å². The molecule has 0 unspecified atom stereocenters. The third-order valence-corrected chi connectivity index (χ3v) is 4.71. The Morgan fingerprint density at radius 1 is 0.963 bits per heavy atom. The monoisotopic (exact) mass is 356 g/mol. The number of pyridine rings is 2. The average Bonchev–Trinajstić information content (AvgIpc) is 2.64. The Balaban J connectivity index is 2.30. The van der Waals surface area contributed by atoms with Crippen LogP contribution in [0.3, 0.4) is 0 Å². The summed E-state index contributed by atoms with van der Waals surface area (Å²) < 4.78 is 2.81. The average molecular weight is 356 g/mol. The van der Waals surface area contributed by atoms with Crippen molar-refractivity contribution in [2.75, 3.05) is 0 Å². The zero-order valence-electron chi connectivity index (χ0n) is 15.1. The molecule has 0 bridgehead atoms. The first-order valence-corrected chi connectivity index (χ1v) is 8.48. The summed E-state index contributed by atoms with van der Waals surface area (Å²) in [4.78, 5) is 30.6. The van der Waals surface area contributed by atoms with Crippen molar-refractivity contribution in [2.45, 2.75) is 20.8 Å². The Labute approximate surface area is 154 Å². The van der Waals surface area contributed by atoms with E-state index in [4.69, 9.17) is 0 Å². The number of nitrogens with zero attached hydrogens (tertiary/aromatic N) is 4. The van der Waals surface area contributed by atoms with E-state index in [1.165, 1.54) is 15.0 Å². The van der Waals surface area contributed by atoms with E-state index in [9.17, 15) is 14.9 Å². The normalized spacial score (nSPS) is 11.0. The Bertz CT molecular complexity index is 1400. The fourth-order valence-electron chi connectivity index (χ4n) is 3.38. The predicted octanol–water partition coefficient (Wildman–Crippen LogP) is 2.80. The molecule has 0 aliphatic rings. The van der Waals surface area contributed by atoms with Gasteiger partial charge in [0.05, 0.1) is 11.1 Å². The molecule has 6 heteroatoms. The van der Waals surface area contributed by atoms with Gasteiger partial charge in [0, 0.05) is 6.20 Å². The number of benzene rings is 1. The fourth-order valence-corrected chi connectivity index (χ4v) is 3.38. The lowest BCUT2D eigenvalue weighted by Gasteiger charge is -2.14. The Kier molecular flexibility index (Phi) is 3.67. The van der Waals surface area contributed by atoms with Crippen molar-refractivity contribution in [3.63, 3.8) is 0 Å². The summed E-state index contributed by atoms with van der Waals surface area (Å²) in [7, 11) is 0. The van der Waals surface area contributed by atoms with E-state index in [2.05, 4.69) is 4.98 Å². The highest BCUT2D eigenvalue weighted by Gasteiger charge is 2.17. The van der Waals surface area contributed by atoms with Gasteiger partial charge in [-0.3, -0.25) is 18.6 Å². The van der Waals surface area contributed by atoms with E-state index >= 15 is 0 Å². The summed E-state index contributed by atoms with van der Waals surface area (Å²) in [6.07, 6.45) is 1.63. The molecule has 27 heavy (non-hydrogen) atoms. The van der Waals surface area contributed by atoms with Crippen molar-refractivity contribution in [3.05, 3.63) is 85.6 Å². The van der Waals surface area contributed by atoms with Crippen LogP contribution in [0.15, 0.2) is 52.2 Å². The van der Waals surface area contributed by atoms with Crippen LogP contribution in [0.4, 0.5) is 0 Å². The van der Waals surface area contributed by atoms with Crippen molar-refractivity contribution in [1.82, 2.24) is 14.0 Å². The molecule has 0 spiro atoms. The molecule has 4 rings (SSSR count). The molecule has 0 atom stereocenters. The smallest absolute Gasteiger partial charge is 0.268 e. The van der Waals surface area contributed by atoms with Gasteiger partial charge >= 0.3 is 0 Å². The minimum atomic E-state index is -0.484. The molecule has 4 aromatic rings. The zero-order valence-corrected chi connectivity index (χ0v) is 15.1. The molecule has 0 saturated heterocycles. The van der Waals surface area contributed by atoms with Crippen molar-refractivity contribution in [1.29, 1.82) is 5.26 Å². The van der Waals surface area contributed by atoms with E-state index in [1.807, 2.05) is 51.1 Å². The number of aromatic nitrogens is 3. The van der Waals surface area contributed by atoms with Gasteiger partial charge in [-0.25, -0.2) is 4.98 Å². The third-order valence-electron chi connectivity index (χ3n) is 4.71.